The van der Waals surface area contributed by atoms with Crippen molar-refractivity contribution < 1.29 is 0 Å². The summed E-state index contributed by atoms with van der Waals surface area (Å²) in [5, 5.41) is 3.64. The Labute approximate surface area is 124 Å². The number of aromatic nitrogens is 2. The molecule has 0 saturated heterocycles. The minimum absolute atomic E-state index is 0.510. The first-order chi connectivity index (χ1) is 9.65. The Bertz CT molecular complexity index is 389. The van der Waals surface area contributed by atoms with Gasteiger partial charge in [-0.2, -0.15) is 0 Å². The van der Waals surface area contributed by atoms with Crippen molar-refractivity contribution in [3.8, 4) is 0 Å². The van der Waals surface area contributed by atoms with Crippen LogP contribution >= 0.6 is 0 Å². The molecule has 0 amide bonds. The van der Waals surface area contributed by atoms with Crippen molar-refractivity contribution in [2.24, 2.45) is 11.3 Å². The zero-order chi connectivity index (χ0) is 14.4. The summed E-state index contributed by atoms with van der Waals surface area (Å²) in [6.45, 7) is 9.11. The van der Waals surface area contributed by atoms with Crippen molar-refractivity contribution >= 4 is 5.95 Å². The molecule has 20 heavy (non-hydrogen) atoms. The van der Waals surface area contributed by atoms with E-state index in [0.29, 0.717) is 5.41 Å². The van der Waals surface area contributed by atoms with Crippen molar-refractivity contribution in [1.82, 2.24) is 9.55 Å². The van der Waals surface area contributed by atoms with Gasteiger partial charge in [-0.25, -0.2) is 4.98 Å². The summed E-state index contributed by atoms with van der Waals surface area (Å²) in [5.74, 6) is 1.85. The molecule has 0 radical (unpaired) electrons. The Morgan fingerprint density at radius 2 is 2.10 bits per heavy atom. The monoisotopic (exact) mass is 277 g/mol. The lowest BCUT2D eigenvalue weighted by atomic mass is 9.78. The molecule has 1 fully saturated rings. The van der Waals surface area contributed by atoms with E-state index in [2.05, 4.69) is 41.8 Å². The molecule has 0 bridgehead atoms. The van der Waals surface area contributed by atoms with Crippen molar-refractivity contribution in [2.45, 2.75) is 72.3 Å². The highest BCUT2D eigenvalue weighted by atomic mass is 15.2. The number of hydrogen-bond donors (Lipinski definition) is 1. The van der Waals surface area contributed by atoms with E-state index in [0.717, 1.165) is 25.0 Å². The molecule has 1 saturated carbocycles. The van der Waals surface area contributed by atoms with Gasteiger partial charge in [0.2, 0.25) is 5.95 Å². The Morgan fingerprint density at radius 1 is 1.35 bits per heavy atom. The van der Waals surface area contributed by atoms with E-state index in [1.54, 1.807) is 0 Å². The van der Waals surface area contributed by atoms with E-state index >= 15 is 0 Å². The number of hydrogen-bond acceptors (Lipinski definition) is 2. The highest BCUT2D eigenvalue weighted by Gasteiger charge is 2.34. The van der Waals surface area contributed by atoms with Crippen LogP contribution in [0.5, 0.6) is 0 Å². The average Bonchev–Trinajstić information content (AvgIpc) is 3.03. The summed E-state index contributed by atoms with van der Waals surface area (Å²) in [6.07, 6.45) is 13.4. The van der Waals surface area contributed by atoms with E-state index < -0.39 is 0 Å². The maximum Gasteiger partial charge on any atom is 0.202 e. The number of aryl methyl sites for hydroxylation is 1. The van der Waals surface area contributed by atoms with E-state index in [4.69, 9.17) is 0 Å². The molecule has 114 valence electrons. The lowest BCUT2D eigenvalue weighted by Crippen LogP contribution is -2.29. The van der Waals surface area contributed by atoms with Gasteiger partial charge in [-0.05, 0) is 37.0 Å². The second-order valence-corrected chi connectivity index (χ2v) is 6.96. The molecular weight excluding hydrogens is 246 g/mol. The molecule has 1 aliphatic rings. The SMILES string of the molecule is CCCCn1ccnc1NCC1(CC(C)C)CCCC1. The second-order valence-electron chi connectivity index (χ2n) is 6.96. The molecule has 1 heterocycles. The fraction of sp³-hybridized carbons (Fsp3) is 0.824. The van der Waals surface area contributed by atoms with Gasteiger partial charge in [0.05, 0.1) is 0 Å². The summed E-state index contributed by atoms with van der Waals surface area (Å²) in [7, 11) is 0. The molecule has 0 spiro atoms. The highest BCUT2D eigenvalue weighted by molar-refractivity contribution is 5.26. The lowest BCUT2D eigenvalue weighted by Gasteiger charge is -2.31. The van der Waals surface area contributed by atoms with Crippen LogP contribution in [0.1, 0.15) is 65.7 Å². The summed E-state index contributed by atoms with van der Waals surface area (Å²) in [4.78, 5) is 4.49. The van der Waals surface area contributed by atoms with Crippen LogP contribution in [0.2, 0.25) is 0 Å². The maximum atomic E-state index is 4.49. The van der Waals surface area contributed by atoms with Crippen LogP contribution in [0.4, 0.5) is 5.95 Å². The number of nitrogens with one attached hydrogen (secondary N) is 1. The number of unbranched alkanes of at least 4 members (excludes halogenated alkanes) is 1. The molecule has 2 rings (SSSR count). The third kappa shape index (κ3) is 4.00. The van der Waals surface area contributed by atoms with Crippen LogP contribution in [0.25, 0.3) is 0 Å². The molecule has 1 aromatic heterocycles. The van der Waals surface area contributed by atoms with Crippen LogP contribution in [0.15, 0.2) is 12.4 Å². The largest absolute Gasteiger partial charge is 0.355 e. The van der Waals surface area contributed by atoms with Gasteiger partial charge in [0, 0.05) is 25.5 Å². The predicted octanol–water partition coefficient (Wildman–Crippen LogP) is 4.70. The van der Waals surface area contributed by atoms with E-state index in [-0.39, 0.29) is 0 Å². The quantitative estimate of drug-likeness (QED) is 0.746. The Balaban J connectivity index is 1.94. The molecule has 0 aliphatic heterocycles. The van der Waals surface area contributed by atoms with Crippen LogP contribution in [0, 0.1) is 11.3 Å². The molecule has 0 unspecified atom stereocenters. The fourth-order valence-electron chi connectivity index (χ4n) is 3.70. The topological polar surface area (TPSA) is 29.9 Å². The molecular formula is C17H31N3. The maximum absolute atomic E-state index is 4.49. The second kappa shape index (κ2) is 7.14. The summed E-state index contributed by atoms with van der Waals surface area (Å²) in [5.41, 5.74) is 0.510. The molecule has 3 nitrogen and oxygen atoms in total. The Kier molecular flexibility index (Phi) is 5.50. The first kappa shape index (κ1) is 15.4. The normalized spacial score (nSPS) is 17.8. The molecule has 0 atom stereocenters. The minimum atomic E-state index is 0.510. The van der Waals surface area contributed by atoms with Crippen molar-refractivity contribution in [2.75, 3.05) is 11.9 Å². The smallest absolute Gasteiger partial charge is 0.202 e. The molecule has 0 aromatic carbocycles. The lowest BCUT2D eigenvalue weighted by molar-refractivity contribution is 0.252. The van der Waals surface area contributed by atoms with Crippen LogP contribution in [-0.2, 0) is 6.54 Å². The first-order valence-corrected chi connectivity index (χ1v) is 8.40. The molecule has 3 heteroatoms. The van der Waals surface area contributed by atoms with Gasteiger partial charge in [-0.1, -0.05) is 40.0 Å². The first-order valence-electron chi connectivity index (χ1n) is 8.40. The van der Waals surface area contributed by atoms with Gasteiger partial charge < -0.3 is 9.88 Å². The van der Waals surface area contributed by atoms with Gasteiger partial charge in [-0.3, -0.25) is 0 Å². The Hall–Kier alpha value is -0.990. The summed E-state index contributed by atoms with van der Waals surface area (Å²) in [6, 6.07) is 0. The predicted molar refractivity (Wildman–Crippen MR) is 86.0 cm³/mol. The van der Waals surface area contributed by atoms with Crippen molar-refractivity contribution in [3.05, 3.63) is 12.4 Å². The van der Waals surface area contributed by atoms with Crippen LogP contribution in [0.3, 0.4) is 0 Å². The third-order valence-electron chi connectivity index (χ3n) is 4.60. The van der Waals surface area contributed by atoms with Gasteiger partial charge in [-0.15, -0.1) is 0 Å². The molecule has 1 N–H and O–H groups in total. The van der Waals surface area contributed by atoms with Gasteiger partial charge >= 0.3 is 0 Å². The fourth-order valence-corrected chi connectivity index (χ4v) is 3.70. The summed E-state index contributed by atoms with van der Waals surface area (Å²) >= 11 is 0. The molecule has 1 aromatic rings. The zero-order valence-corrected chi connectivity index (χ0v) is 13.5. The van der Waals surface area contributed by atoms with Crippen molar-refractivity contribution in [3.63, 3.8) is 0 Å². The van der Waals surface area contributed by atoms with E-state index in [1.807, 2.05) is 6.20 Å². The van der Waals surface area contributed by atoms with E-state index in [1.165, 1.54) is 44.9 Å². The van der Waals surface area contributed by atoms with Crippen molar-refractivity contribution in [1.29, 1.82) is 0 Å². The standard InChI is InChI=1S/C17H31N3/c1-4-5-11-20-12-10-18-16(20)19-14-17(13-15(2)3)8-6-7-9-17/h10,12,15H,4-9,11,13-14H2,1-3H3,(H,18,19). The highest BCUT2D eigenvalue weighted by Crippen LogP contribution is 2.43. The van der Waals surface area contributed by atoms with Gasteiger partial charge in [0.25, 0.3) is 0 Å². The number of imidazole rings is 1. The van der Waals surface area contributed by atoms with Crippen LogP contribution < -0.4 is 5.32 Å². The molecule has 1 aliphatic carbocycles. The zero-order valence-electron chi connectivity index (χ0n) is 13.5. The van der Waals surface area contributed by atoms with E-state index in [9.17, 15) is 0 Å². The number of rotatable bonds is 8. The number of nitrogens with zero attached hydrogens (tertiary/aromatic N) is 2. The van der Waals surface area contributed by atoms with Gasteiger partial charge in [0.15, 0.2) is 0 Å². The number of anilines is 1. The Morgan fingerprint density at radius 3 is 2.75 bits per heavy atom. The summed E-state index contributed by atoms with van der Waals surface area (Å²) < 4.78 is 2.27. The minimum Gasteiger partial charge on any atom is -0.355 e. The average molecular weight is 277 g/mol. The third-order valence-corrected chi connectivity index (χ3v) is 4.60. The van der Waals surface area contributed by atoms with Crippen LogP contribution in [-0.4, -0.2) is 16.1 Å². The van der Waals surface area contributed by atoms with Gasteiger partial charge in [0.1, 0.15) is 0 Å².